The molecule has 0 aromatic carbocycles. The van der Waals surface area contributed by atoms with E-state index in [1.807, 2.05) is 0 Å². The van der Waals surface area contributed by atoms with Crippen LogP contribution in [0.15, 0.2) is 0 Å². The van der Waals surface area contributed by atoms with E-state index in [0.717, 1.165) is 0 Å². The van der Waals surface area contributed by atoms with Crippen molar-refractivity contribution in [1.82, 2.24) is 10.6 Å². The molecule has 2 atom stereocenters. The van der Waals surface area contributed by atoms with E-state index in [2.05, 4.69) is 26.6 Å². The second kappa shape index (κ2) is 3.19. The Kier molecular flexibility index (Phi) is 2.45. The van der Waals surface area contributed by atoms with E-state index in [4.69, 9.17) is 4.74 Å². The molecule has 0 aromatic heterocycles. The van der Waals surface area contributed by atoms with Gasteiger partial charge in [0.15, 0.2) is 6.23 Å². The number of nitrogens with one attached hydrogen (secondary N) is 2. The molecular weight excluding hydrogens is 216 g/mol. The number of rotatable bonds is 1. The number of ether oxygens (including phenoxy) is 1. The summed E-state index contributed by atoms with van der Waals surface area (Å²) in [5.74, 6) is -0.388. The number of halogens is 1. The van der Waals surface area contributed by atoms with Crippen LogP contribution in [0.1, 0.15) is 0 Å². The summed E-state index contributed by atoms with van der Waals surface area (Å²) in [7, 11) is 1.41. The summed E-state index contributed by atoms with van der Waals surface area (Å²) in [5.41, 5.74) is 0. The average Bonchev–Trinajstić information content (AvgIpc) is 1.96. The molecule has 1 heterocycles. The highest BCUT2D eigenvalue weighted by atomic mass is 79.9. The Morgan fingerprint density at radius 3 is 2.73 bits per heavy atom. The zero-order valence-electron chi connectivity index (χ0n) is 5.76. The molecule has 0 aromatic rings. The summed E-state index contributed by atoms with van der Waals surface area (Å²) in [6, 6.07) is -0.530. The van der Waals surface area contributed by atoms with Crippen molar-refractivity contribution < 1.29 is 14.3 Å². The number of imide groups is 1. The second-order valence-electron chi connectivity index (χ2n) is 2.02. The lowest BCUT2D eigenvalue weighted by Gasteiger charge is -2.26. The normalized spacial score (nSPS) is 31.1. The van der Waals surface area contributed by atoms with Crippen LogP contribution in [-0.2, 0) is 9.53 Å². The summed E-state index contributed by atoms with van der Waals surface area (Å²) in [4.78, 5) is 21.0. The lowest BCUT2D eigenvalue weighted by Crippen LogP contribution is -2.59. The van der Waals surface area contributed by atoms with Crippen LogP contribution in [0.2, 0.25) is 0 Å². The van der Waals surface area contributed by atoms with Crippen molar-refractivity contribution in [2.45, 2.75) is 11.1 Å². The van der Waals surface area contributed by atoms with Gasteiger partial charge in [0.1, 0.15) is 4.83 Å². The van der Waals surface area contributed by atoms with Crippen LogP contribution in [0.3, 0.4) is 0 Å². The molecule has 3 amide bonds. The molecule has 2 N–H and O–H groups in total. The number of carbonyl (C=O) groups is 2. The topological polar surface area (TPSA) is 67.4 Å². The Morgan fingerprint density at radius 1 is 1.55 bits per heavy atom. The van der Waals surface area contributed by atoms with Gasteiger partial charge in [0.2, 0.25) is 5.91 Å². The van der Waals surface area contributed by atoms with Gasteiger partial charge >= 0.3 is 6.03 Å². The Bertz CT molecular complexity index is 196. The van der Waals surface area contributed by atoms with Crippen molar-refractivity contribution in [3.05, 3.63) is 0 Å². The first-order valence-electron chi connectivity index (χ1n) is 2.93. The minimum Gasteiger partial charge on any atom is -0.360 e. The largest absolute Gasteiger partial charge is 0.360 e. The van der Waals surface area contributed by atoms with Gasteiger partial charge < -0.3 is 10.1 Å². The van der Waals surface area contributed by atoms with Crippen LogP contribution in [0, 0.1) is 0 Å². The van der Waals surface area contributed by atoms with Crippen molar-refractivity contribution in [3.8, 4) is 0 Å². The fourth-order valence-electron chi connectivity index (χ4n) is 0.735. The van der Waals surface area contributed by atoms with Gasteiger partial charge in [0, 0.05) is 7.11 Å². The van der Waals surface area contributed by atoms with Gasteiger partial charge in [-0.15, -0.1) is 0 Å². The summed E-state index contributed by atoms with van der Waals surface area (Å²) < 4.78 is 4.80. The van der Waals surface area contributed by atoms with E-state index < -0.39 is 17.1 Å². The van der Waals surface area contributed by atoms with Gasteiger partial charge in [-0.2, -0.15) is 0 Å². The van der Waals surface area contributed by atoms with Crippen molar-refractivity contribution in [2.75, 3.05) is 7.11 Å². The van der Waals surface area contributed by atoms with Crippen LogP contribution in [-0.4, -0.2) is 30.1 Å². The lowest BCUT2D eigenvalue weighted by atomic mass is 10.3. The molecule has 0 spiro atoms. The van der Waals surface area contributed by atoms with Gasteiger partial charge in [-0.3, -0.25) is 10.1 Å². The van der Waals surface area contributed by atoms with E-state index >= 15 is 0 Å². The van der Waals surface area contributed by atoms with Crippen LogP contribution in [0.5, 0.6) is 0 Å². The summed E-state index contributed by atoms with van der Waals surface area (Å²) >= 11 is 3.06. The Morgan fingerprint density at radius 2 is 2.18 bits per heavy atom. The predicted molar refractivity (Wildman–Crippen MR) is 40.2 cm³/mol. The molecule has 0 aliphatic carbocycles. The van der Waals surface area contributed by atoms with E-state index in [0.29, 0.717) is 0 Å². The van der Waals surface area contributed by atoms with Crippen molar-refractivity contribution in [1.29, 1.82) is 0 Å². The van der Waals surface area contributed by atoms with Crippen LogP contribution in [0.25, 0.3) is 0 Å². The molecule has 0 saturated carbocycles. The number of hydrogen-bond acceptors (Lipinski definition) is 3. The molecule has 1 fully saturated rings. The number of methoxy groups -OCH3 is 1. The standard InChI is InChI=1S/C5H7BrN2O3/c1-11-4-2(6)3(9)7-5(10)8-4/h2,4H,1H3,(H2,7,8,9,10). The summed E-state index contributed by atoms with van der Waals surface area (Å²) in [6.45, 7) is 0. The van der Waals surface area contributed by atoms with E-state index in [1.165, 1.54) is 7.11 Å². The number of alkyl halides is 1. The van der Waals surface area contributed by atoms with Crippen LogP contribution >= 0.6 is 15.9 Å². The first-order valence-corrected chi connectivity index (χ1v) is 3.85. The van der Waals surface area contributed by atoms with Crippen molar-refractivity contribution >= 4 is 27.9 Å². The molecular formula is C5H7BrN2O3. The Hall–Kier alpha value is -0.620. The molecule has 0 radical (unpaired) electrons. The van der Waals surface area contributed by atoms with Gasteiger partial charge in [-0.1, -0.05) is 15.9 Å². The molecule has 62 valence electrons. The van der Waals surface area contributed by atoms with Gasteiger partial charge in [0.05, 0.1) is 0 Å². The third-order valence-corrected chi connectivity index (χ3v) is 2.18. The zero-order valence-corrected chi connectivity index (χ0v) is 7.34. The smallest absolute Gasteiger partial charge is 0.323 e. The highest BCUT2D eigenvalue weighted by molar-refractivity contribution is 9.10. The lowest BCUT2D eigenvalue weighted by molar-refractivity contribution is -0.123. The molecule has 2 unspecified atom stereocenters. The third-order valence-electron chi connectivity index (χ3n) is 1.28. The molecule has 5 nitrogen and oxygen atoms in total. The highest BCUT2D eigenvalue weighted by Crippen LogP contribution is 2.09. The van der Waals surface area contributed by atoms with E-state index in [1.54, 1.807) is 0 Å². The molecule has 1 rings (SSSR count). The number of urea groups is 1. The molecule has 0 bridgehead atoms. The van der Waals surface area contributed by atoms with Gasteiger partial charge in [0.25, 0.3) is 0 Å². The fraction of sp³-hybridized carbons (Fsp3) is 0.600. The molecule has 1 saturated heterocycles. The van der Waals surface area contributed by atoms with Crippen LogP contribution < -0.4 is 10.6 Å². The number of hydrogen-bond donors (Lipinski definition) is 2. The highest BCUT2D eigenvalue weighted by Gasteiger charge is 2.33. The molecule has 1 aliphatic heterocycles. The van der Waals surface area contributed by atoms with Crippen LogP contribution in [0.4, 0.5) is 4.79 Å². The maximum Gasteiger partial charge on any atom is 0.323 e. The summed E-state index contributed by atoms with van der Waals surface area (Å²) in [5, 5.41) is 4.48. The Balaban J connectivity index is 2.66. The SMILES string of the molecule is COC1NC(=O)NC(=O)C1Br. The molecule has 1 aliphatic rings. The summed E-state index contributed by atoms with van der Waals surface area (Å²) in [6.07, 6.45) is -0.587. The van der Waals surface area contributed by atoms with E-state index in [9.17, 15) is 9.59 Å². The van der Waals surface area contributed by atoms with Crippen molar-refractivity contribution in [2.24, 2.45) is 0 Å². The molecule has 11 heavy (non-hydrogen) atoms. The monoisotopic (exact) mass is 222 g/mol. The van der Waals surface area contributed by atoms with Gasteiger partial charge in [-0.05, 0) is 0 Å². The minimum atomic E-state index is -0.587. The first-order chi connectivity index (χ1) is 5.15. The first kappa shape index (κ1) is 8.48. The Labute approximate surface area is 71.6 Å². The third kappa shape index (κ3) is 1.69. The van der Waals surface area contributed by atoms with Gasteiger partial charge in [-0.25, -0.2) is 4.79 Å². The molecule has 6 heteroatoms. The average molecular weight is 223 g/mol. The predicted octanol–water partition coefficient (Wildman–Crippen LogP) is -0.438. The quantitative estimate of drug-likeness (QED) is 0.592. The number of amides is 3. The second-order valence-corrected chi connectivity index (χ2v) is 3.01. The minimum absolute atomic E-state index is 0.388. The zero-order chi connectivity index (χ0) is 8.43. The maximum absolute atomic E-state index is 10.9. The van der Waals surface area contributed by atoms with E-state index in [-0.39, 0.29) is 5.91 Å². The fourth-order valence-corrected chi connectivity index (χ4v) is 1.20. The van der Waals surface area contributed by atoms with Crippen molar-refractivity contribution in [3.63, 3.8) is 0 Å². The maximum atomic E-state index is 10.9. The number of carbonyl (C=O) groups excluding carboxylic acids is 2.